The van der Waals surface area contributed by atoms with Gasteiger partial charge in [-0.15, -0.1) is 36.0 Å². The van der Waals surface area contributed by atoms with E-state index in [-0.39, 0.29) is 5.92 Å². The van der Waals surface area contributed by atoms with Crippen molar-refractivity contribution in [1.82, 2.24) is 0 Å². The molecule has 0 fully saturated rings. The van der Waals surface area contributed by atoms with Crippen molar-refractivity contribution in [3.05, 3.63) is 0 Å². The molecule has 0 spiro atoms. The Morgan fingerprint density at radius 1 is 0.629 bits per heavy atom. The minimum absolute atomic E-state index is 0.248. The minimum Gasteiger partial charge on any atom is -0.120 e. The number of hydrogen-bond acceptors (Lipinski definition) is 0. The lowest BCUT2D eigenvalue weighted by atomic mass is 9.57. The van der Waals surface area contributed by atoms with Crippen molar-refractivity contribution in [3.63, 3.8) is 0 Å². The molecule has 0 aliphatic carbocycles. The van der Waals surface area contributed by atoms with Gasteiger partial charge in [-0.2, -0.15) is 0 Å². The summed E-state index contributed by atoms with van der Waals surface area (Å²) in [7, 11) is 0. The smallest absolute Gasteiger partial charge is 0.120 e. The zero-order chi connectivity index (χ0) is 26.3. The topological polar surface area (TPSA) is 0 Å². The zero-order valence-corrected chi connectivity index (χ0v) is 23.1. The monoisotopic (exact) mass is 464 g/mol. The molecule has 0 saturated heterocycles. The molecule has 0 aromatic rings. The summed E-state index contributed by atoms with van der Waals surface area (Å²) < 4.78 is 0. The van der Waals surface area contributed by atoms with Crippen LogP contribution >= 0.6 is 0 Å². The molecule has 0 N–H and O–H groups in total. The fourth-order valence-electron chi connectivity index (χ4n) is 3.66. The minimum atomic E-state index is -1.09. The van der Waals surface area contributed by atoms with Crippen molar-refractivity contribution in [2.75, 3.05) is 0 Å². The second kappa shape index (κ2) is 20.3. The predicted octanol–water partition coefficient (Wildman–Crippen LogP) is 8.03. The third-order valence-electron chi connectivity index (χ3n) is 5.57. The van der Waals surface area contributed by atoms with Gasteiger partial charge in [-0.1, -0.05) is 95.8 Å². The molecule has 35 heavy (non-hydrogen) atoms. The van der Waals surface area contributed by atoms with Gasteiger partial charge >= 0.3 is 0 Å². The van der Waals surface area contributed by atoms with Crippen molar-refractivity contribution in [2.24, 2.45) is 16.7 Å². The Morgan fingerprint density at radius 2 is 1.31 bits per heavy atom. The van der Waals surface area contributed by atoms with Crippen LogP contribution in [0.2, 0.25) is 0 Å². The van der Waals surface area contributed by atoms with Gasteiger partial charge in [0.1, 0.15) is 5.41 Å². The molecule has 0 amide bonds. The van der Waals surface area contributed by atoms with Crippen LogP contribution in [0, 0.1) is 100 Å². The van der Waals surface area contributed by atoms with E-state index in [0.717, 1.165) is 57.8 Å². The Morgan fingerprint density at radius 3 is 1.89 bits per heavy atom. The van der Waals surface area contributed by atoms with Crippen LogP contribution in [-0.4, -0.2) is 0 Å². The van der Waals surface area contributed by atoms with Crippen LogP contribution in [-0.2, 0) is 0 Å². The van der Waals surface area contributed by atoms with Crippen LogP contribution < -0.4 is 0 Å². The van der Waals surface area contributed by atoms with Crippen molar-refractivity contribution >= 4 is 0 Å². The molecule has 0 aromatic carbocycles. The normalized spacial score (nSPS) is 13.2. The summed E-state index contributed by atoms with van der Waals surface area (Å²) in [5, 5.41) is 0. The van der Waals surface area contributed by atoms with Crippen molar-refractivity contribution in [2.45, 2.75) is 119 Å². The Kier molecular flexibility index (Phi) is 18.5. The Labute approximate surface area is 218 Å². The first kappa shape index (κ1) is 31.9. The second-order valence-corrected chi connectivity index (χ2v) is 8.56. The highest BCUT2D eigenvalue weighted by molar-refractivity contribution is 5.54. The number of hydrogen-bond donors (Lipinski definition) is 0. The molecule has 0 aliphatic rings. The van der Waals surface area contributed by atoms with Crippen LogP contribution in [0.15, 0.2) is 0 Å². The summed E-state index contributed by atoms with van der Waals surface area (Å²) in [6.07, 6.45) is 17.4. The maximum atomic E-state index is 6.14. The van der Waals surface area contributed by atoms with Gasteiger partial charge in [0.15, 0.2) is 5.41 Å². The van der Waals surface area contributed by atoms with Crippen LogP contribution in [0.3, 0.4) is 0 Å². The highest BCUT2D eigenvalue weighted by Gasteiger charge is 2.52. The summed E-state index contributed by atoms with van der Waals surface area (Å²) >= 11 is 0. The molecular formula is C35H44. The average molecular weight is 465 g/mol. The number of rotatable bonds is 10. The zero-order valence-electron chi connectivity index (χ0n) is 23.1. The average Bonchev–Trinajstić information content (AvgIpc) is 2.87. The number of unbranched alkanes of at least 4 members (excludes halogenated alkanes) is 6. The molecule has 0 aromatic heterocycles. The summed E-state index contributed by atoms with van der Waals surface area (Å²) in [5.41, 5.74) is -2.06. The number of terminal acetylenes is 1. The first-order chi connectivity index (χ1) is 17.1. The summed E-state index contributed by atoms with van der Waals surface area (Å²) in [5.74, 6) is 42.5. The molecule has 0 bridgehead atoms. The maximum absolute atomic E-state index is 6.14. The molecule has 0 rings (SSSR count). The quantitative estimate of drug-likeness (QED) is 0.227. The lowest BCUT2D eigenvalue weighted by Gasteiger charge is -2.38. The van der Waals surface area contributed by atoms with E-state index in [0.29, 0.717) is 6.42 Å². The van der Waals surface area contributed by atoms with Crippen LogP contribution in [0.25, 0.3) is 0 Å². The SMILES string of the molecule is C#CC(CCC)C(C#CC)(C#CCC)C(C#CC#CCCCCC)(C#CCCC)C#CCCCC. The third kappa shape index (κ3) is 10.8. The van der Waals surface area contributed by atoms with Gasteiger partial charge in [0.25, 0.3) is 0 Å². The van der Waals surface area contributed by atoms with Gasteiger partial charge in [0, 0.05) is 25.7 Å². The van der Waals surface area contributed by atoms with Gasteiger partial charge in [-0.3, -0.25) is 0 Å². The fraction of sp³-hybridized carbons (Fsp3) is 0.600. The Balaban J connectivity index is 7.32. The summed E-state index contributed by atoms with van der Waals surface area (Å²) in [6.45, 7) is 12.5. The largest absolute Gasteiger partial charge is 0.181 e. The van der Waals surface area contributed by atoms with E-state index in [9.17, 15) is 0 Å². The molecular weight excluding hydrogens is 420 g/mol. The van der Waals surface area contributed by atoms with E-state index < -0.39 is 10.8 Å². The molecule has 0 aliphatic heterocycles. The molecule has 0 nitrogen and oxygen atoms in total. The van der Waals surface area contributed by atoms with E-state index in [4.69, 9.17) is 6.42 Å². The van der Waals surface area contributed by atoms with E-state index in [1.54, 1.807) is 0 Å². The van der Waals surface area contributed by atoms with Crippen LogP contribution in [0.4, 0.5) is 0 Å². The predicted molar refractivity (Wildman–Crippen MR) is 153 cm³/mol. The molecule has 3 unspecified atom stereocenters. The van der Waals surface area contributed by atoms with E-state index in [1.807, 2.05) is 13.8 Å². The Bertz CT molecular complexity index is 1030. The lowest BCUT2D eigenvalue weighted by Crippen LogP contribution is -2.43. The van der Waals surface area contributed by atoms with Crippen molar-refractivity contribution < 1.29 is 0 Å². The highest BCUT2D eigenvalue weighted by Crippen LogP contribution is 2.46. The van der Waals surface area contributed by atoms with Gasteiger partial charge in [0.2, 0.25) is 0 Å². The summed E-state index contributed by atoms with van der Waals surface area (Å²) in [6, 6.07) is 0. The van der Waals surface area contributed by atoms with Crippen LogP contribution in [0.5, 0.6) is 0 Å². The molecule has 0 radical (unpaired) electrons. The Hall–Kier alpha value is -3.08. The standard InChI is InChI=1S/C35H44/c1-8-15-19-21-22-23-26-31-34(29-24-17-10-3,30-25-20-16-9-2)35(28-13-6,32-18-11-4)33(14-7)27-12-5/h7,33H,8-12,15-17,19-21,27H2,1-6H3. The molecule has 3 atom stereocenters. The van der Waals surface area contributed by atoms with Crippen molar-refractivity contribution in [1.29, 1.82) is 0 Å². The first-order valence-corrected chi connectivity index (χ1v) is 13.5. The fourth-order valence-corrected chi connectivity index (χ4v) is 3.66. The molecule has 0 heteroatoms. The maximum Gasteiger partial charge on any atom is 0.181 e. The van der Waals surface area contributed by atoms with Crippen LogP contribution in [0.1, 0.15) is 119 Å². The van der Waals surface area contributed by atoms with Crippen molar-refractivity contribution in [3.8, 4) is 83.4 Å². The van der Waals surface area contributed by atoms with Gasteiger partial charge < -0.3 is 0 Å². The van der Waals surface area contributed by atoms with E-state index in [1.165, 1.54) is 12.8 Å². The lowest BCUT2D eigenvalue weighted by molar-refractivity contribution is 0.288. The second-order valence-electron chi connectivity index (χ2n) is 8.56. The van der Waals surface area contributed by atoms with Gasteiger partial charge in [0.05, 0.1) is 5.92 Å². The highest BCUT2D eigenvalue weighted by atomic mass is 14.5. The van der Waals surface area contributed by atoms with E-state index >= 15 is 0 Å². The summed E-state index contributed by atoms with van der Waals surface area (Å²) in [4.78, 5) is 0. The van der Waals surface area contributed by atoms with Gasteiger partial charge in [-0.05, 0) is 44.4 Å². The molecule has 184 valence electrons. The molecule has 0 heterocycles. The van der Waals surface area contributed by atoms with Gasteiger partial charge in [-0.25, -0.2) is 0 Å². The van der Waals surface area contributed by atoms with E-state index in [2.05, 4.69) is 105 Å². The molecule has 0 saturated carbocycles. The first-order valence-electron chi connectivity index (χ1n) is 13.5. The third-order valence-corrected chi connectivity index (χ3v) is 5.57.